The van der Waals surface area contributed by atoms with Gasteiger partial charge in [-0.1, -0.05) is 6.08 Å². The molecule has 46 heavy (non-hydrogen) atoms. The molecule has 258 valence electrons. The zero-order valence-electron chi connectivity index (χ0n) is 26.6. The van der Waals surface area contributed by atoms with Crippen LogP contribution in [0.15, 0.2) is 12.7 Å². The van der Waals surface area contributed by atoms with Gasteiger partial charge >= 0.3 is 41.8 Å². The van der Waals surface area contributed by atoms with Crippen LogP contribution in [-0.4, -0.2) is 116 Å². The molecule has 0 bridgehead atoms. The van der Waals surface area contributed by atoms with Gasteiger partial charge in [-0.2, -0.15) is 0 Å². The van der Waals surface area contributed by atoms with E-state index in [1.807, 2.05) is 0 Å². The van der Waals surface area contributed by atoms with E-state index < -0.39 is 116 Å². The first-order valence-electron chi connectivity index (χ1n) is 14.2. The van der Waals surface area contributed by atoms with Gasteiger partial charge in [-0.25, -0.2) is 0 Å². The van der Waals surface area contributed by atoms with Gasteiger partial charge in [-0.15, -0.1) is 6.58 Å². The number of ether oxygens (including phenoxy) is 10. The third-order valence-electron chi connectivity index (χ3n) is 6.42. The van der Waals surface area contributed by atoms with E-state index in [1.54, 1.807) is 0 Å². The number of esters is 7. The maximum atomic E-state index is 12.3. The third-order valence-corrected chi connectivity index (χ3v) is 6.42. The highest BCUT2D eigenvalue weighted by molar-refractivity contribution is 5.69. The second-order valence-electron chi connectivity index (χ2n) is 10.4. The summed E-state index contributed by atoms with van der Waals surface area (Å²) in [6.45, 7) is 10.3. The molecular weight excluding hydrogens is 620 g/mol. The molecule has 0 aliphatic carbocycles. The minimum Gasteiger partial charge on any atom is -0.463 e. The van der Waals surface area contributed by atoms with Crippen molar-refractivity contribution < 1.29 is 80.9 Å². The Morgan fingerprint density at radius 3 is 1.28 bits per heavy atom. The van der Waals surface area contributed by atoms with Gasteiger partial charge in [0, 0.05) is 48.5 Å². The Bertz CT molecular complexity index is 1150. The van der Waals surface area contributed by atoms with Gasteiger partial charge in [0.25, 0.3) is 0 Å². The average Bonchev–Trinajstić information content (AvgIpc) is 2.91. The van der Waals surface area contributed by atoms with E-state index in [0.29, 0.717) is 0 Å². The lowest BCUT2D eigenvalue weighted by Crippen LogP contribution is -2.67. The van der Waals surface area contributed by atoms with Crippen LogP contribution in [0.25, 0.3) is 0 Å². The first-order chi connectivity index (χ1) is 21.5. The summed E-state index contributed by atoms with van der Waals surface area (Å²) in [4.78, 5) is 84.5. The van der Waals surface area contributed by atoms with Crippen molar-refractivity contribution in [2.24, 2.45) is 0 Å². The standard InChI is InChI=1S/C29H40O17/c1-9-10-20-23(39-15(4)32)26(41-17(6)34)25(21(44-20)11-37-13(2)30)46-29-28(43-19(8)36)27(42-18(7)35)24(40-16(5)33)22(45-29)12-38-14(3)31/h9,20-29H,1,10-12H2,2-8H3/t20-,21+,22+,23-,24+,25+,26+,27-,28+,29-/m0/s1. The molecule has 2 saturated heterocycles. The zero-order valence-corrected chi connectivity index (χ0v) is 26.6. The molecule has 0 unspecified atom stereocenters. The van der Waals surface area contributed by atoms with Crippen molar-refractivity contribution in [3.63, 3.8) is 0 Å². The molecule has 2 heterocycles. The fraction of sp³-hybridized carbons (Fsp3) is 0.690. The summed E-state index contributed by atoms with van der Waals surface area (Å²) >= 11 is 0. The van der Waals surface area contributed by atoms with Gasteiger partial charge in [-0.3, -0.25) is 33.6 Å². The first kappa shape index (κ1) is 38.1. The van der Waals surface area contributed by atoms with E-state index in [4.69, 9.17) is 47.4 Å². The molecule has 17 heteroatoms. The molecule has 0 amide bonds. The summed E-state index contributed by atoms with van der Waals surface area (Å²) in [6.07, 6.45) is -12.6. The van der Waals surface area contributed by atoms with Crippen LogP contribution in [0.4, 0.5) is 0 Å². The molecule has 10 atom stereocenters. The lowest BCUT2D eigenvalue weighted by Gasteiger charge is -2.48. The molecule has 0 radical (unpaired) electrons. The minimum absolute atomic E-state index is 0.0953. The first-order valence-corrected chi connectivity index (χ1v) is 14.2. The zero-order chi connectivity index (χ0) is 34.7. The van der Waals surface area contributed by atoms with Gasteiger partial charge in [0.1, 0.15) is 37.6 Å². The highest BCUT2D eigenvalue weighted by atomic mass is 16.8. The molecule has 0 aromatic carbocycles. The normalized spacial score (nSPS) is 30.5. The lowest BCUT2D eigenvalue weighted by molar-refractivity contribution is -0.344. The van der Waals surface area contributed by atoms with Crippen LogP contribution in [0.2, 0.25) is 0 Å². The molecule has 2 aliphatic heterocycles. The maximum absolute atomic E-state index is 12.3. The number of carbonyl (C=O) groups is 7. The van der Waals surface area contributed by atoms with Gasteiger partial charge < -0.3 is 47.4 Å². The Morgan fingerprint density at radius 2 is 0.870 bits per heavy atom. The van der Waals surface area contributed by atoms with Crippen molar-refractivity contribution in [2.45, 2.75) is 116 Å². The highest BCUT2D eigenvalue weighted by Crippen LogP contribution is 2.36. The summed E-state index contributed by atoms with van der Waals surface area (Å²) in [5.74, 6) is -5.61. The van der Waals surface area contributed by atoms with Crippen LogP contribution < -0.4 is 0 Å². The summed E-state index contributed by atoms with van der Waals surface area (Å²) in [5, 5.41) is 0. The Balaban J connectivity index is 2.71. The Hall–Kier alpha value is -4.09. The minimum atomic E-state index is -1.74. The Morgan fingerprint density at radius 1 is 0.500 bits per heavy atom. The summed E-state index contributed by atoms with van der Waals surface area (Å²) < 4.78 is 56.0. The van der Waals surface area contributed by atoms with Crippen LogP contribution >= 0.6 is 0 Å². The molecule has 0 spiro atoms. The predicted octanol–water partition coefficient (Wildman–Crippen LogP) is 0.225. The SMILES string of the molecule is C=CC[C@@H]1O[C@H](COC(C)=O)[C@@H](O[C@@H]2O[C@H](COC(C)=O)[C@@H](OC(C)=O)[C@H](OC(C)=O)[C@H]2OC(C)=O)[C@H](OC(C)=O)[C@H]1OC(C)=O. The van der Waals surface area contributed by atoms with Crippen LogP contribution in [0.1, 0.15) is 54.9 Å². The summed E-state index contributed by atoms with van der Waals surface area (Å²) in [7, 11) is 0. The molecule has 0 saturated carbocycles. The molecule has 17 nitrogen and oxygen atoms in total. The quantitative estimate of drug-likeness (QED) is 0.147. The molecular formula is C29H40O17. The smallest absolute Gasteiger partial charge is 0.303 e. The second-order valence-corrected chi connectivity index (χ2v) is 10.4. The summed E-state index contributed by atoms with van der Waals surface area (Å²) in [6, 6.07) is 0. The second kappa shape index (κ2) is 17.6. The van der Waals surface area contributed by atoms with Gasteiger partial charge in [0.15, 0.2) is 36.8 Å². The van der Waals surface area contributed by atoms with Crippen LogP contribution in [0.5, 0.6) is 0 Å². The number of hydrogen-bond acceptors (Lipinski definition) is 17. The van der Waals surface area contributed by atoms with Crippen LogP contribution in [0, 0.1) is 0 Å². The van der Waals surface area contributed by atoms with Crippen molar-refractivity contribution in [2.75, 3.05) is 13.2 Å². The Labute approximate surface area is 265 Å². The lowest BCUT2D eigenvalue weighted by atomic mass is 9.92. The van der Waals surface area contributed by atoms with Crippen LogP contribution in [0.3, 0.4) is 0 Å². The molecule has 0 aromatic rings. The van der Waals surface area contributed by atoms with E-state index in [-0.39, 0.29) is 6.42 Å². The maximum Gasteiger partial charge on any atom is 0.303 e. The van der Waals surface area contributed by atoms with Crippen molar-refractivity contribution in [3.05, 3.63) is 12.7 Å². The van der Waals surface area contributed by atoms with E-state index in [0.717, 1.165) is 48.5 Å². The van der Waals surface area contributed by atoms with Gasteiger partial charge in [0.2, 0.25) is 0 Å². The largest absolute Gasteiger partial charge is 0.463 e. The molecule has 2 rings (SSSR count). The van der Waals surface area contributed by atoms with Crippen molar-refractivity contribution in [1.29, 1.82) is 0 Å². The van der Waals surface area contributed by atoms with E-state index in [9.17, 15) is 33.6 Å². The fourth-order valence-corrected chi connectivity index (χ4v) is 4.96. The van der Waals surface area contributed by atoms with E-state index >= 15 is 0 Å². The van der Waals surface area contributed by atoms with Crippen molar-refractivity contribution in [3.8, 4) is 0 Å². The number of rotatable bonds is 13. The van der Waals surface area contributed by atoms with E-state index in [2.05, 4.69) is 6.58 Å². The Kier molecular flexibility index (Phi) is 14.5. The third kappa shape index (κ3) is 11.4. The van der Waals surface area contributed by atoms with Gasteiger partial charge in [0.05, 0.1) is 0 Å². The average molecular weight is 661 g/mol. The fourth-order valence-electron chi connectivity index (χ4n) is 4.96. The van der Waals surface area contributed by atoms with Crippen LogP contribution in [-0.2, 0) is 80.9 Å². The predicted molar refractivity (Wildman–Crippen MR) is 148 cm³/mol. The van der Waals surface area contributed by atoms with Gasteiger partial charge in [-0.05, 0) is 6.42 Å². The molecule has 2 fully saturated rings. The number of hydrogen-bond donors (Lipinski definition) is 0. The summed E-state index contributed by atoms with van der Waals surface area (Å²) in [5.41, 5.74) is 0. The highest BCUT2D eigenvalue weighted by Gasteiger charge is 2.57. The number of carbonyl (C=O) groups excluding carboxylic acids is 7. The van der Waals surface area contributed by atoms with E-state index in [1.165, 1.54) is 6.08 Å². The van der Waals surface area contributed by atoms with Crippen molar-refractivity contribution in [1.82, 2.24) is 0 Å². The van der Waals surface area contributed by atoms with Crippen molar-refractivity contribution >= 4 is 41.8 Å². The molecule has 2 aliphatic rings. The molecule has 0 aromatic heterocycles. The topological polar surface area (TPSA) is 212 Å². The molecule has 0 N–H and O–H groups in total. The monoisotopic (exact) mass is 660 g/mol.